The van der Waals surface area contributed by atoms with E-state index in [1.807, 2.05) is 30.3 Å². The van der Waals surface area contributed by atoms with Gasteiger partial charge in [0.15, 0.2) is 0 Å². The number of halogens is 3. The smallest absolute Gasteiger partial charge is 0.571 e. The van der Waals surface area contributed by atoms with Crippen molar-refractivity contribution in [1.29, 1.82) is 0 Å². The number of benzene rings is 2. The third-order valence-electron chi connectivity index (χ3n) is 5.67. The molecule has 2 aromatic carbocycles. The topological polar surface area (TPSA) is 81.4 Å². The maximum Gasteiger partial charge on any atom is 1.00 e. The van der Waals surface area contributed by atoms with E-state index in [1.165, 1.54) is 23.6 Å². The molecule has 5 rings (SSSR count). The van der Waals surface area contributed by atoms with Crippen molar-refractivity contribution >= 4 is 33.0 Å². The van der Waals surface area contributed by atoms with E-state index in [4.69, 9.17) is 0 Å². The number of nitrogens with zero attached hydrogens (tertiary/aromatic N) is 3. The zero-order valence-corrected chi connectivity index (χ0v) is 23.3. The molecule has 0 spiro atoms. The normalized spacial score (nSPS) is 13.3. The monoisotopic (exact) mass is 551 g/mol. The summed E-state index contributed by atoms with van der Waals surface area (Å²) in [5, 5.41) is 0. The van der Waals surface area contributed by atoms with E-state index < -0.39 is 26.7 Å². The van der Waals surface area contributed by atoms with Crippen LogP contribution in [0.3, 0.4) is 0 Å². The average Bonchev–Trinajstić information content (AvgIpc) is 3.43. The zero-order valence-electron chi connectivity index (χ0n) is 19.7. The van der Waals surface area contributed by atoms with Gasteiger partial charge in [-0.3, -0.25) is 9.78 Å². The van der Waals surface area contributed by atoms with Gasteiger partial charge < -0.3 is 9.62 Å². The SMILES string of the molecule is CN1Cc2cc(-c3ccc(-c4cncc([N-]S(=O)(=O)c5cccc(C(F)(F)F)c5)c4)s3)ccc2C1=O.[Na+]. The number of thiophene rings is 1. The summed E-state index contributed by atoms with van der Waals surface area (Å²) in [4.78, 5) is 19.1. The predicted molar refractivity (Wildman–Crippen MR) is 130 cm³/mol. The second-order valence-electron chi connectivity index (χ2n) is 8.22. The first-order chi connectivity index (χ1) is 17.0. The van der Waals surface area contributed by atoms with Crippen LogP contribution in [-0.2, 0) is 22.7 Å². The van der Waals surface area contributed by atoms with Crippen molar-refractivity contribution < 1.29 is 55.9 Å². The van der Waals surface area contributed by atoms with Crippen LogP contribution in [0.15, 0.2) is 78.0 Å². The third kappa shape index (κ3) is 5.60. The van der Waals surface area contributed by atoms with Gasteiger partial charge in [0.1, 0.15) is 10.0 Å². The van der Waals surface area contributed by atoms with Gasteiger partial charge in [-0.15, -0.1) is 17.0 Å². The molecule has 1 aliphatic rings. The molecule has 0 bridgehead atoms. The summed E-state index contributed by atoms with van der Waals surface area (Å²) in [6, 6.07) is 14.4. The Hall–Kier alpha value is -2.70. The Labute approximate surface area is 237 Å². The molecular weight excluding hydrogens is 534 g/mol. The minimum absolute atomic E-state index is 0. The molecule has 0 unspecified atom stereocenters. The van der Waals surface area contributed by atoms with E-state index in [1.54, 1.807) is 18.1 Å². The molecule has 4 aromatic rings. The molecule has 0 fully saturated rings. The van der Waals surface area contributed by atoms with Gasteiger partial charge in [0, 0.05) is 46.9 Å². The fourth-order valence-electron chi connectivity index (χ4n) is 3.90. The fourth-order valence-corrected chi connectivity index (χ4v) is 5.90. The van der Waals surface area contributed by atoms with Crippen molar-refractivity contribution in [2.45, 2.75) is 17.6 Å². The van der Waals surface area contributed by atoms with Crippen molar-refractivity contribution in [3.05, 3.63) is 94.5 Å². The Morgan fingerprint density at radius 3 is 2.43 bits per heavy atom. The van der Waals surface area contributed by atoms with Crippen LogP contribution < -0.4 is 29.6 Å². The fraction of sp³-hybridized carbons (Fsp3) is 0.120. The van der Waals surface area contributed by atoms with Crippen molar-refractivity contribution in [1.82, 2.24) is 9.88 Å². The summed E-state index contributed by atoms with van der Waals surface area (Å²) in [5.74, 6) is -0.00450. The number of hydrogen-bond acceptors (Lipinski definition) is 5. The van der Waals surface area contributed by atoms with E-state index in [9.17, 15) is 26.4 Å². The number of carbonyl (C=O) groups excluding carboxylic acids is 1. The summed E-state index contributed by atoms with van der Waals surface area (Å²) in [5.41, 5.74) is 2.14. The average molecular weight is 552 g/mol. The van der Waals surface area contributed by atoms with E-state index in [2.05, 4.69) is 9.71 Å². The van der Waals surface area contributed by atoms with E-state index in [0.29, 0.717) is 23.7 Å². The molecule has 2 aromatic heterocycles. The Morgan fingerprint density at radius 2 is 1.70 bits per heavy atom. The first-order valence-corrected chi connectivity index (χ1v) is 12.9. The number of aromatic nitrogens is 1. The maximum atomic E-state index is 13.0. The molecule has 37 heavy (non-hydrogen) atoms. The number of fused-ring (bicyclic) bond motifs is 1. The Balaban J connectivity index is 0.00000320. The Bertz CT molecular complexity index is 1600. The number of sulfonamides is 1. The van der Waals surface area contributed by atoms with Crippen LogP contribution in [-0.4, -0.2) is 31.3 Å². The van der Waals surface area contributed by atoms with Crippen LogP contribution in [0.25, 0.3) is 25.6 Å². The van der Waals surface area contributed by atoms with E-state index in [0.717, 1.165) is 39.1 Å². The first-order valence-electron chi connectivity index (χ1n) is 10.6. The van der Waals surface area contributed by atoms with Gasteiger partial charge in [-0.25, -0.2) is 8.42 Å². The Kier molecular flexibility index (Phi) is 7.55. The molecule has 0 saturated heterocycles. The van der Waals surface area contributed by atoms with Gasteiger partial charge in [-0.1, -0.05) is 18.2 Å². The van der Waals surface area contributed by atoms with Gasteiger partial charge in [-0.05, 0) is 53.6 Å². The summed E-state index contributed by atoms with van der Waals surface area (Å²) in [6.45, 7) is 0.550. The molecule has 1 amide bonds. The number of amides is 1. The maximum absolute atomic E-state index is 13.0. The quantitative estimate of drug-likeness (QED) is 0.356. The minimum Gasteiger partial charge on any atom is -0.571 e. The van der Waals surface area contributed by atoms with E-state index in [-0.39, 0.29) is 41.2 Å². The first kappa shape index (κ1) is 27.3. The number of rotatable bonds is 5. The Morgan fingerprint density at radius 1 is 0.973 bits per heavy atom. The summed E-state index contributed by atoms with van der Waals surface area (Å²) in [6.07, 6.45) is -1.88. The van der Waals surface area contributed by atoms with Gasteiger partial charge >= 0.3 is 35.7 Å². The number of pyridine rings is 1. The molecule has 6 nitrogen and oxygen atoms in total. The van der Waals surface area contributed by atoms with E-state index >= 15 is 0 Å². The van der Waals surface area contributed by atoms with Crippen LogP contribution in [0.4, 0.5) is 18.9 Å². The summed E-state index contributed by atoms with van der Waals surface area (Å²) in [7, 11) is -2.64. The van der Waals surface area contributed by atoms with Gasteiger partial charge in [0.05, 0.1) is 10.5 Å². The number of carbonyl (C=O) groups is 1. The van der Waals surface area contributed by atoms with Crippen LogP contribution in [0.5, 0.6) is 0 Å². The second-order valence-corrected chi connectivity index (χ2v) is 10.9. The van der Waals surface area contributed by atoms with Gasteiger partial charge in [0.2, 0.25) is 0 Å². The van der Waals surface area contributed by atoms with Crippen LogP contribution >= 0.6 is 11.3 Å². The van der Waals surface area contributed by atoms with Crippen molar-refractivity contribution in [3.63, 3.8) is 0 Å². The van der Waals surface area contributed by atoms with Crippen LogP contribution in [0, 0.1) is 0 Å². The van der Waals surface area contributed by atoms with Crippen LogP contribution in [0.1, 0.15) is 21.5 Å². The summed E-state index contributed by atoms with van der Waals surface area (Å²) >= 11 is 1.46. The molecule has 0 atom stereocenters. The summed E-state index contributed by atoms with van der Waals surface area (Å²) < 4.78 is 68.0. The molecule has 1 aliphatic heterocycles. The second kappa shape index (κ2) is 10.2. The van der Waals surface area contributed by atoms with Crippen molar-refractivity contribution in [2.24, 2.45) is 0 Å². The standard InChI is InChI=1S/C25H17F3N3O3S2.Na/c1-31-14-17-9-15(5-6-21(17)24(31)32)22-7-8-23(35-22)16-10-19(13-29-12-16)30-36(33,34)20-4-2-3-18(11-20)25(26,27)28;/h2-13H,14H2,1H3;/q-1;+1. The minimum atomic E-state index is -4.67. The zero-order chi connectivity index (χ0) is 25.7. The molecule has 0 aliphatic carbocycles. The predicted octanol–water partition coefficient (Wildman–Crippen LogP) is 3.48. The molecule has 0 saturated carbocycles. The molecule has 0 N–H and O–H groups in total. The van der Waals surface area contributed by atoms with Gasteiger partial charge in [0.25, 0.3) is 5.91 Å². The van der Waals surface area contributed by atoms with Crippen molar-refractivity contribution in [2.75, 3.05) is 7.05 Å². The largest absolute Gasteiger partial charge is 1.00 e. The number of alkyl halides is 3. The molecule has 0 radical (unpaired) electrons. The van der Waals surface area contributed by atoms with Crippen molar-refractivity contribution in [3.8, 4) is 20.9 Å². The molecular formula is C25H17F3N3NaO3S2. The molecule has 3 heterocycles. The molecule has 184 valence electrons. The number of hydrogen-bond donors (Lipinski definition) is 0. The van der Waals surface area contributed by atoms with Gasteiger partial charge in [-0.2, -0.15) is 13.2 Å². The van der Waals surface area contributed by atoms with Crippen LogP contribution in [0.2, 0.25) is 0 Å². The third-order valence-corrected chi connectivity index (χ3v) is 8.16. The molecule has 12 heteroatoms.